The first-order valence-corrected chi connectivity index (χ1v) is 8.56. The van der Waals surface area contributed by atoms with Crippen molar-refractivity contribution in [1.82, 2.24) is 4.90 Å². The van der Waals surface area contributed by atoms with Crippen LogP contribution in [0.1, 0.15) is 6.92 Å². The Hall–Kier alpha value is -3.65. The Labute approximate surface area is 158 Å². The van der Waals surface area contributed by atoms with E-state index in [1.165, 1.54) is 7.05 Å². The summed E-state index contributed by atoms with van der Waals surface area (Å²) < 4.78 is 0. The Balaban J connectivity index is 2.02. The maximum atomic E-state index is 12.6. The third kappa shape index (κ3) is 3.51. The molecule has 0 N–H and O–H groups in total. The Kier molecular flexibility index (Phi) is 5.18. The summed E-state index contributed by atoms with van der Waals surface area (Å²) in [6.07, 6.45) is 1.78. The van der Waals surface area contributed by atoms with Crippen molar-refractivity contribution >= 4 is 23.2 Å². The molecule has 27 heavy (non-hydrogen) atoms. The Morgan fingerprint density at radius 1 is 0.963 bits per heavy atom. The number of hydrogen-bond acceptors (Lipinski definition) is 4. The van der Waals surface area contributed by atoms with Crippen molar-refractivity contribution in [1.29, 1.82) is 5.26 Å². The van der Waals surface area contributed by atoms with E-state index in [0.29, 0.717) is 17.7 Å². The van der Waals surface area contributed by atoms with E-state index >= 15 is 0 Å². The van der Waals surface area contributed by atoms with Crippen LogP contribution in [0.2, 0.25) is 0 Å². The topological polar surface area (TPSA) is 64.4 Å². The number of imide groups is 1. The van der Waals surface area contributed by atoms with Crippen molar-refractivity contribution in [2.24, 2.45) is 0 Å². The second-order valence-electron chi connectivity index (χ2n) is 6.18. The number of rotatable bonds is 4. The molecule has 0 fully saturated rings. The van der Waals surface area contributed by atoms with E-state index in [9.17, 15) is 14.9 Å². The van der Waals surface area contributed by atoms with Crippen molar-refractivity contribution < 1.29 is 9.59 Å². The van der Waals surface area contributed by atoms with Crippen LogP contribution in [0.5, 0.6) is 0 Å². The first-order valence-electron chi connectivity index (χ1n) is 8.56. The molecule has 0 spiro atoms. The van der Waals surface area contributed by atoms with Crippen LogP contribution in [0.15, 0.2) is 83.5 Å². The summed E-state index contributed by atoms with van der Waals surface area (Å²) in [6.45, 7) is 2.07. The molecule has 2 aromatic carbocycles. The maximum Gasteiger partial charge on any atom is 0.271 e. The van der Waals surface area contributed by atoms with E-state index in [1.807, 2.05) is 66.7 Å². The van der Waals surface area contributed by atoms with Crippen LogP contribution in [0.4, 0.5) is 11.4 Å². The van der Waals surface area contributed by atoms with Gasteiger partial charge in [0.05, 0.1) is 0 Å². The van der Waals surface area contributed by atoms with Crippen LogP contribution in [0, 0.1) is 11.3 Å². The van der Waals surface area contributed by atoms with Crippen LogP contribution in [0.3, 0.4) is 0 Å². The molecule has 3 rings (SSSR count). The number of hydrogen-bond donors (Lipinski definition) is 0. The summed E-state index contributed by atoms with van der Waals surface area (Å²) in [4.78, 5) is 27.7. The molecule has 1 heterocycles. The zero-order chi connectivity index (χ0) is 19.4. The van der Waals surface area contributed by atoms with Crippen LogP contribution < -0.4 is 4.90 Å². The van der Waals surface area contributed by atoms with Gasteiger partial charge in [0.25, 0.3) is 11.8 Å². The molecule has 0 bridgehead atoms. The van der Waals surface area contributed by atoms with E-state index in [1.54, 1.807) is 13.0 Å². The van der Waals surface area contributed by atoms with Gasteiger partial charge < -0.3 is 4.90 Å². The molecule has 0 radical (unpaired) electrons. The van der Waals surface area contributed by atoms with Gasteiger partial charge >= 0.3 is 0 Å². The fraction of sp³-hybridized carbons (Fsp3) is 0.136. The van der Waals surface area contributed by atoms with Gasteiger partial charge in [0, 0.05) is 30.5 Å². The van der Waals surface area contributed by atoms with Crippen molar-refractivity contribution in [3.63, 3.8) is 0 Å². The number of amides is 2. The smallest absolute Gasteiger partial charge is 0.271 e. The minimum atomic E-state index is -0.555. The van der Waals surface area contributed by atoms with Crippen LogP contribution in [-0.4, -0.2) is 30.3 Å². The molecule has 0 saturated heterocycles. The molecular weight excluding hydrogens is 338 g/mol. The predicted octanol–water partition coefficient (Wildman–Crippen LogP) is 3.59. The molecule has 2 amide bonds. The van der Waals surface area contributed by atoms with Gasteiger partial charge in [-0.3, -0.25) is 14.5 Å². The molecule has 1 aliphatic heterocycles. The summed E-state index contributed by atoms with van der Waals surface area (Å²) in [5.41, 5.74) is 2.78. The van der Waals surface area contributed by atoms with Gasteiger partial charge in [0.2, 0.25) is 0 Å². The zero-order valence-corrected chi connectivity index (χ0v) is 15.2. The van der Waals surface area contributed by atoms with Gasteiger partial charge in [0.1, 0.15) is 11.6 Å². The molecule has 5 nitrogen and oxygen atoms in total. The molecule has 134 valence electrons. The maximum absolute atomic E-state index is 12.6. The van der Waals surface area contributed by atoms with E-state index in [4.69, 9.17) is 0 Å². The molecular formula is C22H19N3O2. The van der Waals surface area contributed by atoms with Crippen LogP contribution >= 0.6 is 0 Å². The van der Waals surface area contributed by atoms with Gasteiger partial charge in [-0.1, -0.05) is 42.5 Å². The third-order valence-corrected chi connectivity index (χ3v) is 4.56. The van der Waals surface area contributed by atoms with E-state index in [-0.39, 0.29) is 5.57 Å². The largest absolute Gasteiger partial charge is 0.338 e. The molecule has 5 heteroatoms. The molecule has 0 saturated carbocycles. The highest BCUT2D eigenvalue weighted by Crippen LogP contribution is 2.27. The molecule has 0 aromatic heterocycles. The fourth-order valence-corrected chi connectivity index (χ4v) is 3.03. The SMILES string of the molecule is CC1=C(C#N)C(=O)N(C)C(=O)/C1=C/CN(c1ccccc1)c1ccccc1. The summed E-state index contributed by atoms with van der Waals surface area (Å²) >= 11 is 0. The first-order chi connectivity index (χ1) is 13.0. The quantitative estimate of drug-likeness (QED) is 0.620. The lowest BCUT2D eigenvalue weighted by molar-refractivity contribution is -0.138. The highest BCUT2D eigenvalue weighted by Gasteiger charge is 2.32. The number of carbonyl (C=O) groups is 2. The molecule has 0 unspecified atom stereocenters. The lowest BCUT2D eigenvalue weighted by Gasteiger charge is -2.26. The standard InChI is InChI=1S/C22H19N3O2/c1-16-19(21(26)24(2)22(27)20(16)15-23)13-14-25(17-9-5-3-6-10-17)18-11-7-4-8-12-18/h3-13H,14H2,1-2H3/b19-13+. The Bertz CT molecular complexity index is 930. The van der Waals surface area contributed by atoms with Gasteiger partial charge in [-0.25, -0.2) is 0 Å². The fourth-order valence-electron chi connectivity index (χ4n) is 3.03. The summed E-state index contributed by atoms with van der Waals surface area (Å²) in [7, 11) is 1.40. The molecule has 0 atom stereocenters. The van der Waals surface area contributed by atoms with Crippen molar-refractivity contribution in [2.75, 3.05) is 18.5 Å². The van der Waals surface area contributed by atoms with E-state index < -0.39 is 11.8 Å². The highest BCUT2D eigenvalue weighted by molar-refractivity contribution is 6.17. The number of likely N-dealkylation sites (N-methyl/N-ethyl adjacent to an activating group) is 1. The minimum absolute atomic E-state index is 0.00863. The van der Waals surface area contributed by atoms with Gasteiger partial charge in [0.15, 0.2) is 0 Å². The second kappa shape index (κ2) is 7.71. The lowest BCUT2D eigenvalue weighted by atomic mass is 9.95. The van der Waals surface area contributed by atoms with Crippen LogP contribution in [0.25, 0.3) is 0 Å². The number of para-hydroxylation sites is 2. The average Bonchev–Trinajstić information content (AvgIpc) is 2.71. The number of benzene rings is 2. The first kappa shape index (κ1) is 18.2. The second-order valence-corrected chi connectivity index (χ2v) is 6.18. The number of anilines is 2. The molecule has 2 aromatic rings. The average molecular weight is 357 g/mol. The summed E-state index contributed by atoms with van der Waals surface area (Å²) in [5, 5.41) is 9.28. The number of nitriles is 1. The van der Waals surface area contributed by atoms with E-state index in [2.05, 4.69) is 4.90 Å². The van der Waals surface area contributed by atoms with Gasteiger partial charge in [-0.05, 0) is 36.8 Å². The van der Waals surface area contributed by atoms with Crippen molar-refractivity contribution in [3.8, 4) is 6.07 Å². The zero-order valence-electron chi connectivity index (χ0n) is 15.2. The normalized spacial score (nSPS) is 15.9. The van der Waals surface area contributed by atoms with Gasteiger partial charge in [-0.2, -0.15) is 5.26 Å². The highest BCUT2D eigenvalue weighted by atomic mass is 16.2. The lowest BCUT2D eigenvalue weighted by Crippen LogP contribution is -2.39. The van der Waals surface area contributed by atoms with Crippen molar-refractivity contribution in [2.45, 2.75) is 6.92 Å². The summed E-state index contributed by atoms with van der Waals surface area (Å²) in [6, 6.07) is 21.6. The molecule has 1 aliphatic rings. The number of carbonyl (C=O) groups excluding carboxylic acids is 2. The monoisotopic (exact) mass is 357 g/mol. The van der Waals surface area contributed by atoms with Crippen molar-refractivity contribution in [3.05, 3.63) is 83.5 Å². The van der Waals surface area contributed by atoms with Crippen LogP contribution in [-0.2, 0) is 9.59 Å². The number of nitrogens with zero attached hydrogens (tertiary/aromatic N) is 3. The third-order valence-electron chi connectivity index (χ3n) is 4.56. The Morgan fingerprint density at radius 2 is 1.48 bits per heavy atom. The predicted molar refractivity (Wildman–Crippen MR) is 104 cm³/mol. The van der Waals surface area contributed by atoms with Gasteiger partial charge in [-0.15, -0.1) is 0 Å². The summed E-state index contributed by atoms with van der Waals surface area (Å²) in [5.74, 6) is -0.947. The van der Waals surface area contributed by atoms with E-state index in [0.717, 1.165) is 16.3 Å². The molecule has 0 aliphatic carbocycles. The minimum Gasteiger partial charge on any atom is -0.338 e. The Morgan fingerprint density at radius 3 is 1.96 bits per heavy atom.